The van der Waals surface area contributed by atoms with Crippen molar-refractivity contribution in [2.75, 3.05) is 6.61 Å². The molecule has 1 aliphatic rings. The number of rotatable bonds is 4. The molecular formula is C17H25NO2. The van der Waals surface area contributed by atoms with Crippen LogP contribution in [0.1, 0.15) is 42.4 Å². The first kappa shape index (κ1) is 15.0. The lowest BCUT2D eigenvalue weighted by Gasteiger charge is -2.31. The quantitative estimate of drug-likeness (QED) is 0.887. The van der Waals surface area contributed by atoms with Crippen molar-refractivity contribution in [1.82, 2.24) is 5.32 Å². The van der Waals surface area contributed by atoms with E-state index in [4.69, 9.17) is 0 Å². The Kier molecular flexibility index (Phi) is 5.18. The number of hydrogen-bond donors (Lipinski definition) is 2. The van der Waals surface area contributed by atoms with Gasteiger partial charge in [0.2, 0.25) is 5.91 Å². The van der Waals surface area contributed by atoms with Crippen molar-refractivity contribution >= 4 is 5.91 Å². The Morgan fingerprint density at radius 1 is 1.30 bits per heavy atom. The first-order valence-corrected chi connectivity index (χ1v) is 7.56. The number of aliphatic hydroxyl groups excluding tert-OH is 1. The van der Waals surface area contributed by atoms with Crippen molar-refractivity contribution in [3.05, 3.63) is 34.9 Å². The molecule has 0 heterocycles. The van der Waals surface area contributed by atoms with Gasteiger partial charge in [-0.1, -0.05) is 36.6 Å². The van der Waals surface area contributed by atoms with E-state index in [-0.39, 0.29) is 24.5 Å². The van der Waals surface area contributed by atoms with E-state index in [1.807, 2.05) is 13.8 Å². The minimum atomic E-state index is 0.0732. The molecular weight excluding hydrogens is 250 g/mol. The van der Waals surface area contributed by atoms with Crippen LogP contribution < -0.4 is 5.32 Å². The molecule has 110 valence electrons. The van der Waals surface area contributed by atoms with E-state index < -0.39 is 0 Å². The van der Waals surface area contributed by atoms with Crippen LogP contribution in [-0.4, -0.2) is 23.7 Å². The first-order chi connectivity index (χ1) is 9.60. The van der Waals surface area contributed by atoms with Crippen LogP contribution in [0.3, 0.4) is 0 Å². The minimum absolute atomic E-state index is 0.0732. The smallest absolute Gasteiger partial charge is 0.224 e. The molecule has 3 heteroatoms. The summed E-state index contributed by atoms with van der Waals surface area (Å²) < 4.78 is 0. The summed E-state index contributed by atoms with van der Waals surface area (Å²) >= 11 is 0. The zero-order valence-electron chi connectivity index (χ0n) is 12.5. The Balaban J connectivity index is 1.96. The number of hydrogen-bond acceptors (Lipinski definition) is 2. The van der Waals surface area contributed by atoms with Crippen molar-refractivity contribution < 1.29 is 9.90 Å². The summed E-state index contributed by atoms with van der Waals surface area (Å²) in [6.45, 7) is 4.26. The van der Waals surface area contributed by atoms with Crippen LogP contribution in [0.15, 0.2) is 18.2 Å². The molecule has 0 aliphatic heterocycles. The molecule has 1 fully saturated rings. The Labute approximate surface area is 121 Å². The third-order valence-corrected chi connectivity index (χ3v) is 4.35. The fraction of sp³-hybridized carbons (Fsp3) is 0.588. The standard InChI is InChI=1S/C17H25NO2/c1-12-7-8-13(2)15(9-12)10-17(20)18-16-6-4-3-5-14(16)11-19/h7-9,14,16,19H,3-6,10-11H2,1-2H3,(H,18,20). The average molecular weight is 275 g/mol. The Morgan fingerprint density at radius 2 is 2.05 bits per heavy atom. The molecule has 0 bridgehead atoms. The van der Waals surface area contributed by atoms with E-state index >= 15 is 0 Å². The molecule has 2 N–H and O–H groups in total. The van der Waals surface area contributed by atoms with Crippen molar-refractivity contribution in [1.29, 1.82) is 0 Å². The summed E-state index contributed by atoms with van der Waals surface area (Å²) in [5.74, 6) is 0.301. The topological polar surface area (TPSA) is 49.3 Å². The summed E-state index contributed by atoms with van der Waals surface area (Å²) in [6.07, 6.45) is 4.75. The van der Waals surface area contributed by atoms with Crippen LogP contribution in [0, 0.1) is 19.8 Å². The van der Waals surface area contributed by atoms with Gasteiger partial charge in [0.1, 0.15) is 0 Å². The van der Waals surface area contributed by atoms with Gasteiger partial charge in [-0.25, -0.2) is 0 Å². The summed E-state index contributed by atoms with van der Waals surface area (Å²) in [6, 6.07) is 6.36. The third kappa shape index (κ3) is 3.83. The van der Waals surface area contributed by atoms with Gasteiger partial charge < -0.3 is 10.4 Å². The molecule has 1 amide bonds. The molecule has 1 aliphatic carbocycles. The zero-order chi connectivity index (χ0) is 14.5. The molecule has 1 aromatic carbocycles. The van der Waals surface area contributed by atoms with Crippen molar-refractivity contribution in [3.8, 4) is 0 Å². The van der Waals surface area contributed by atoms with Gasteiger partial charge in [0.15, 0.2) is 0 Å². The molecule has 2 unspecified atom stereocenters. The summed E-state index contributed by atoms with van der Waals surface area (Å²) in [5, 5.41) is 12.5. The lowest BCUT2D eigenvalue weighted by Crippen LogP contribution is -2.44. The molecule has 0 saturated heterocycles. The molecule has 1 saturated carbocycles. The minimum Gasteiger partial charge on any atom is -0.396 e. The Morgan fingerprint density at radius 3 is 2.80 bits per heavy atom. The summed E-state index contributed by atoms with van der Waals surface area (Å²) in [7, 11) is 0. The predicted octanol–water partition coefficient (Wildman–Crippen LogP) is 2.51. The second kappa shape index (κ2) is 6.89. The highest BCUT2D eigenvalue weighted by Gasteiger charge is 2.25. The van der Waals surface area contributed by atoms with E-state index in [1.54, 1.807) is 0 Å². The largest absolute Gasteiger partial charge is 0.396 e. The van der Waals surface area contributed by atoms with E-state index in [2.05, 4.69) is 23.5 Å². The number of carbonyl (C=O) groups excluding carboxylic acids is 1. The molecule has 3 nitrogen and oxygen atoms in total. The highest BCUT2D eigenvalue weighted by molar-refractivity contribution is 5.79. The summed E-state index contributed by atoms with van der Waals surface area (Å²) in [5.41, 5.74) is 3.44. The van der Waals surface area contributed by atoms with Crippen LogP contribution in [-0.2, 0) is 11.2 Å². The molecule has 1 aromatic rings. The van der Waals surface area contributed by atoms with Crippen molar-refractivity contribution in [2.24, 2.45) is 5.92 Å². The normalized spacial score (nSPS) is 22.6. The molecule has 0 aromatic heterocycles. The fourth-order valence-corrected chi connectivity index (χ4v) is 3.04. The number of nitrogens with one attached hydrogen (secondary N) is 1. The van der Waals surface area contributed by atoms with Crippen molar-refractivity contribution in [2.45, 2.75) is 52.0 Å². The number of aryl methyl sites for hydroxylation is 2. The highest BCUT2D eigenvalue weighted by Crippen LogP contribution is 2.24. The van der Waals surface area contributed by atoms with Gasteiger partial charge in [0, 0.05) is 18.6 Å². The van der Waals surface area contributed by atoms with Gasteiger partial charge >= 0.3 is 0 Å². The Hall–Kier alpha value is -1.35. The fourth-order valence-electron chi connectivity index (χ4n) is 3.04. The zero-order valence-corrected chi connectivity index (χ0v) is 12.5. The van der Waals surface area contributed by atoms with E-state index in [1.165, 1.54) is 5.56 Å². The van der Waals surface area contributed by atoms with Gasteiger partial charge in [-0.05, 0) is 37.8 Å². The maximum atomic E-state index is 12.2. The van der Waals surface area contributed by atoms with Crippen molar-refractivity contribution in [3.63, 3.8) is 0 Å². The number of amides is 1. The second-order valence-corrected chi connectivity index (χ2v) is 6.01. The number of benzene rings is 1. The first-order valence-electron chi connectivity index (χ1n) is 7.56. The average Bonchev–Trinajstić information content (AvgIpc) is 2.43. The number of carbonyl (C=O) groups is 1. The van der Waals surface area contributed by atoms with Crippen LogP contribution in [0.2, 0.25) is 0 Å². The molecule has 2 atom stereocenters. The Bertz CT molecular complexity index is 470. The molecule has 0 radical (unpaired) electrons. The van der Waals surface area contributed by atoms with E-state index in [0.717, 1.165) is 36.8 Å². The second-order valence-electron chi connectivity index (χ2n) is 6.01. The van der Waals surface area contributed by atoms with E-state index in [9.17, 15) is 9.90 Å². The van der Waals surface area contributed by atoms with Gasteiger partial charge in [0.05, 0.1) is 6.42 Å². The van der Waals surface area contributed by atoms with Crippen LogP contribution in [0.5, 0.6) is 0 Å². The number of aliphatic hydroxyl groups is 1. The van der Waals surface area contributed by atoms with Gasteiger partial charge in [-0.3, -0.25) is 4.79 Å². The van der Waals surface area contributed by atoms with Crippen LogP contribution in [0.4, 0.5) is 0 Å². The highest BCUT2D eigenvalue weighted by atomic mass is 16.3. The maximum Gasteiger partial charge on any atom is 0.224 e. The van der Waals surface area contributed by atoms with Gasteiger partial charge in [-0.15, -0.1) is 0 Å². The SMILES string of the molecule is Cc1ccc(C)c(CC(=O)NC2CCCCC2CO)c1. The molecule has 2 rings (SSSR count). The predicted molar refractivity (Wildman–Crippen MR) is 80.6 cm³/mol. The van der Waals surface area contributed by atoms with E-state index in [0.29, 0.717) is 6.42 Å². The molecule has 20 heavy (non-hydrogen) atoms. The van der Waals surface area contributed by atoms with Gasteiger partial charge in [-0.2, -0.15) is 0 Å². The lowest BCUT2D eigenvalue weighted by molar-refractivity contribution is -0.121. The lowest BCUT2D eigenvalue weighted by atomic mass is 9.85. The van der Waals surface area contributed by atoms with Crippen LogP contribution in [0.25, 0.3) is 0 Å². The van der Waals surface area contributed by atoms with Gasteiger partial charge in [0.25, 0.3) is 0 Å². The third-order valence-electron chi connectivity index (χ3n) is 4.35. The summed E-state index contributed by atoms with van der Waals surface area (Å²) in [4.78, 5) is 12.2. The maximum absolute atomic E-state index is 12.2. The monoisotopic (exact) mass is 275 g/mol. The molecule has 0 spiro atoms. The van der Waals surface area contributed by atoms with Crippen LogP contribution >= 0.6 is 0 Å².